The van der Waals surface area contributed by atoms with Gasteiger partial charge in [-0.05, 0) is 19.9 Å². The molecule has 0 aromatic carbocycles. The molecule has 2 rings (SSSR count). The Hall–Kier alpha value is -1.20. The van der Waals surface area contributed by atoms with Crippen LogP contribution >= 0.6 is 11.3 Å². The summed E-state index contributed by atoms with van der Waals surface area (Å²) in [5, 5.41) is 0.712. The van der Waals surface area contributed by atoms with Gasteiger partial charge in [0, 0.05) is 12.0 Å². The molecule has 0 atom stereocenters. The lowest BCUT2D eigenvalue weighted by Gasteiger charge is -2.07. The molecule has 2 heterocycles. The highest BCUT2D eigenvalue weighted by Crippen LogP contribution is 2.20. The zero-order valence-electron chi connectivity index (χ0n) is 9.61. The van der Waals surface area contributed by atoms with Crippen molar-refractivity contribution < 1.29 is 4.74 Å². The molecule has 0 amide bonds. The third-order valence-corrected chi connectivity index (χ3v) is 3.43. The molecular formula is C11H14N2O2S. The van der Waals surface area contributed by atoms with Crippen LogP contribution in [0.1, 0.15) is 10.7 Å². The molecule has 16 heavy (non-hydrogen) atoms. The van der Waals surface area contributed by atoms with Crippen molar-refractivity contribution in [1.82, 2.24) is 9.55 Å². The molecule has 0 aliphatic heterocycles. The highest BCUT2D eigenvalue weighted by Gasteiger charge is 2.09. The molecule has 0 spiro atoms. The summed E-state index contributed by atoms with van der Waals surface area (Å²) in [5.74, 6) is 0.747. The van der Waals surface area contributed by atoms with Gasteiger partial charge >= 0.3 is 0 Å². The second-order valence-corrected chi connectivity index (χ2v) is 4.92. The van der Waals surface area contributed by atoms with Gasteiger partial charge in [0.05, 0.1) is 18.5 Å². The first-order chi connectivity index (χ1) is 7.63. The van der Waals surface area contributed by atoms with Gasteiger partial charge in [0.2, 0.25) is 0 Å². The Morgan fingerprint density at radius 1 is 1.50 bits per heavy atom. The summed E-state index contributed by atoms with van der Waals surface area (Å²) in [6.07, 6.45) is 0. The zero-order valence-corrected chi connectivity index (χ0v) is 10.4. The summed E-state index contributed by atoms with van der Waals surface area (Å²) in [7, 11) is 1.63. The smallest absolute Gasteiger partial charge is 0.262 e. The van der Waals surface area contributed by atoms with E-state index in [-0.39, 0.29) is 5.56 Å². The number of thiophene rings is 1. The van der Waals surface area contributed by atoms with Gasteiger partial charge in [-0.15, -0.1) is 11.3 Å². The van der Waals surface area contributed by atoms with Gasteiger partial charge in [-0.2, -0.15) is 0 Å². The SMILES string of the molecule is COCCn1c(C)nc2sc(C)cc2c1=O. The standard InChI is InChI=1S/C11H14N2O2S/c1-7-6-9-10(16-7)12-8(2)13(11(9)14)4-5-15-3/h6H,4-5H2,1-3H3. The molecule has 0 aliphatic rings. The van der Waals surface area contributed by atoms with Crippen molar-refractivity contribution in [1.29, 1.82) is 0 Å². The van der Waals surface area contributed by atoms with Crippen LogP contribution in [0.3, 0.4) is 0 Å². The minimum absolute atomic E-state index is 0.0314. The Labute approximate surface area is 97.5 Å². The van der Waals surface area contributed by atoms with Gasteiger partial charge in [0.1, 0.15) is 10.7 Å². The quantitative estimate of drug-likeness (QED) is 0.818. The molecule has 0 saturated heterocycles. The fraction of sp³-hybridized carbons (Fsp3) is 0.455. The van der Waals surface area contributed by atoms with Crippen LogP contribution < -0.4 is 5.56 Å². The van der Waals surface area contributed by atoms with E-state index in [4.69, 9.17) is 4.74 Å². The van der Waals surface area contributed by atoms with Crippen LogP contribution in [-0.4, -0.2) is 23.3 Å². The van der Waals surface area contributed by atoms with E-state index in [2.05, 4.69) is 4.98 Å². The average molecular weight is 238 g/mol. The number of hydrogen-bond acceptors (Lipinski definition) is 4. The number of ether oxygens (including phenoxy) is 1. The third kappa shape index (κ3) is 1.88. The fourth-order valence-electron chi connectivity index (χ4n) is 1.68. The van der Waals surface area contributed by atoms with E-state index < -0.39 is 0 Å². The lowest BCUT2D eigenvalue weighted by atomic mass is 10.3. The summed E-state index contributed by atoms with van der Waals surface area (Å²) in [6, 6.07) is 1.90. The van der Waals surface area contributed by atoms with E-state index in [1.807, 2.05) is 19.9 Å². The second kappa shape index (κ2) is 4.35. The lowest BCUT2D eigenvalue weighted by Crippen LogP contribution is -2.25. The van der Waals surface area contributed by atoms with Crippen molar-refractivity contribution in [3.8, 4) is 0 Å². The topological polar surface area (TPSA) is 44.1 Å². The minimum atomic E-state index is 0.0314. The molecule has 0 saturated carbocycles. The number of aromatic nitrogens is 2. The number of aryl methyl sites for hydroxylation is 2. The summed E-state index contributed by atoms with van der Waals surface area (Å²) >= 11 is 1.56. The first kappa shape index (κ1) is 11.3. The normalized spacial score (nSPS) is 11.2. The maximum atomic E-state index is 12.1. The molecule has 0 fully saturated rings. The Morgan fingerprint density at radius 3 is 2.94 bits per heavy atom. The van der Waals surface area contributed by atoms with Crippen molar-refractivity contribution >= 4 is 21.6 Å². The van der Waals surface area contributed by atoms with E-state index in [0.717, 1.165) is 15.5 Å². The number of rotatable bonds is 3. The Morgan fingerprint density at radius 2 is 2.25 bits per heavy atom. The van der Waals surface area contributed by atoms with Gasteiger partial charge in [-0.3, -0.25) is 9.36 Å². The van der Waals surface area contributed by atoms with E-state index in [1.165, 1.54) is 0 Å². The van der Waals surface area contributed by atoms with Gasteiger partial charge in [0.25, 0.3) is 5.56 Å². The van der Waals surface area contributed by atoms with Gasteiger partial charge in [-0.25, -0.2) is 4.98 Å². The first-order valence-corrected chi connectivity index (χ1v) is 5.91. The van der Waals surface area contributed by atoms with Crippen molar-refractivity contribution in [2.24, 2.45) is 0 Å². The number of methoxy groups -OCH3 is 1. The second-order valence-electron chi connectivity index (χ2n) is 3.68. The number of hydrogen-bond donors (Lipinski definition) is 0. The predicted molar refractivity (Wildman–Crippen MR) is 65.2 cm³/mol. The van der Waals surface area contributed by atoms with Gasteiger partial charge < -0.3 is 4.74 Å². The maximum Gasteiger partial charge on any atom is 0.262 e. The Bertz CT molecular complexity index is 571. The highest BCUT2D eigenvalue weighted by molar-refractivity contribution is 7.18. The predicted octanol–water partition coefficient (Wildman–Crippen LogP) is 1.72. The summed E-state index contributed by atoms with van der Waals surface area (Å²) < 4.78 is 6.65. The van der Waals surface area contributed by atoms with Crippen molar-refractivity contribution in [2.75, 3.05) is 13.7 Å². The van der Waals surface area contributed by atoms with Crippen molar-refractivity contribution in [3.05, 3.63) is 27.1 Å². The Kier molecular flexibility index (Phi) is 3.07. The monoisotopic (exact) mass is 238 g/mol. The molecule has 2 aromatic rings. The molecule has 2 aromatic heterocycles. The van der Waals surface area contributed by atoms with Crippen LogP contribution in [0.5, 0.6) is 0 Å². The van der Waals surface area contributed by atoms with Gasteiger partial charge in [0.15, 0.2) is 0 Å². The molecule has 4 nitrogen and oxygen atoms in total. The maximum absolute atomic E-state index is 12.1. The molecule has 0 aliphatic carbocycles. The van der Waals surface area contributed by atoms with E-state index in [9.17, 15) is 4.79 Å². The third-order valence-electron chi connectivity index (χ3n) is 2.48. The molecule has 0 radical (unpaired) electrons. The summed E-state index contributed by atoms with van der Waals surface area (Å²) in [5.41, 5.74) is 0.0314. The first-order valence-electron chi connectivity index (χ1n) is 5.10. The highest BCUT2D eigenvalue weighted by atomic mass is 32.1. The molecule has 5 heteroatoms. The van der Waals surface area contributed by atoms with Crippen LogP contribution in [0.2, 0.25) is 0 Å². The number of nitrogens with zero attached hydrogens (tertiary/aromatic N) is 2. The average Bonchev–Trinajstić information content (AvgIpc) is 2.59. The van der Waals surface area contributed by atoms with Crippen LogP contribution in [0, 0.1) is 13.8 Å². The fourth-order valence-corrected chi connectivity index (χ4v) is 2.60. The molecular weight excluding hydrogens is 224 g/mol. The van der Waals surface area contributed by atoms with Crippen LogP contribution in [0.4, 0.5) is 0 Å². The molecule has 0 unspecified atom stereocenters. The van der Waals surface area contributed by atoms with Gasteiger partial charge in [-0.1, -0.05) is 0 Å². The van der Waals surface area contributed by atoms with Crippen LogP contribution in [0.15, 0.2) is 10.9 Å². The molecule has 86 valence electrons. The van der Waals surface area contributed by atoms with Crippen molar-refractivity contribution in [3.63, 3.8) is 0 Å². The van der Waals surface area contributed by atoms with E-state index >= 15 is 0 Å². The van der Waals surface area contributed by atoms with Crippen LogP contribution in [0.25, 0.3) is 10.2 Å². The van der Waals surface area contributed by atoms with Crippen molar-refractivity contribution in [2.45, 2.75) is 20.4 Å². The largest absolute Gasteiger partial charge is 0.383 e. The minimum Gasteiger partial charge on any atom is -0.383 e. The lowest BCUT2D eigenvalue weighted by molar-refractivity contribution is 0.185. The van der Waals surface area contributed by atoms with E-state index in [1.54, 1.807) is 23.0 Å². The number of fused-ring (bicyclic) bond motifs is 1. The van der Waals surface area contributed by atoms with E-state index in [0.29, 0.717) is 18.5 Å². The molecule has 0 bridgehead atoms. The molecule has 0 N–H and O–H groups in total. The summed E-state index contributed by atoms with van der Waals surface area (Å²) in [4.78, 5) is 18.5. The Balaban J connectivity index is 2.60. The summed E-state index contributed by atoms with van der Waals surface area (Å²) in [6.45, 7) is 4.92. The zero-order chi connectivity index (χ0) is 11.7. The van der Waals surface area contributed by atoms with Crippen LogP contribution in [-0.2, 0) is 11.3 Å².